The van der Waals surface area contributed by atoms with Gasteiger partial charge in [-0.15, -0.1) is 0 Å². The molecule has 0 bridgehead atoms. The van der Waals surface area contributed by atoms with Crippen LogP contribution in [0.25, 0.3) is 0 Å². The lowest BCUT2D eigenvalue weighted by molar-refractivity contribution is -0.385. The first-order chi connectivity index (χ1) is 10.6. The van der Waals surface area contributed by atoms with E-state index in [4.69, 9.17) is 4.74 Å². The molecule has 0 fully saturated rings. The summed E-state index contributed by atoms with van der Waals surface area (Å²) in [7, 11) is 1.68. The maximum atomic E-state index is 10.8. The Morgan fingerprint density at radius 1 is 1.45 bits per heavy atom. The molecule has 6 heteroatoms. The minimum absolute atomic E-state index is 0.0408. The Balaban J connectivity index is 1.85. The third kappa shape index (κ3) is 2.47. The predicted molar refractivity (Wildman–Crippen MR) is 83.3 cm³/mol. The maximum Gasteiger partial charge on any atom is 0.290 e. The standard InChI is InChI=1S/C16H17N3O3/c1-10-8-16(17-9-14(10)19(20)21)18-13-7-6-12-11(13)4-3-5-15(12)22-2/h3-5,8-9,13H,6-7H2,1-2H3,(H,17,18). The van der Waals surface area contributed by atoms with Crippen molar-refractivity contribution in [2.75, 3.05) is 12.4 Å². The van der Waals surface area contributed by atoms with Gasteiger partial charge in [-0.1, -0.05) is 12.1 Å². The second-order valence-electron chi connectivity index (χ2n) is 5.38. The minimum atomic E-state index is -0.415. The van der Waals surface area contributed by atoms with E-state index >= 15 is 0 Å². The molecule has 114 valence electrons. The molecule has 2 aromatic rings. The molecule has 22 heavy (non-hydrogen) atoms. The molecule has 0 spiro atoms. The van der Waals surface area contributed by atoms with Gasteiger partial charge in [0.15, 0.2) is 0 Å². The second kappa shape index (κ2) is 5.63. The maximum absolute atomic E-state index is 10.8. The third-order valence-electron chi connectivity index (χ3n) is 4.05. The first kappa shape index (κ1) is 14.3. The van der Waals surface area contributed by atoms with Crippen molar-refractivity contribution in [2.45, 2.75) is 25.8 Å². The molecule has 0 radical (unpaired) electrons. The Morgan fingerprint density at radius 3 is 2.95 bits per heavy atom. The molecular weight excluding hydrogens is 282 g/mol. The first-order valence-corrected chi connectivity index (χ1v) is 7.13. The number of aryl methyl sites for hydroxylation is 1. The number of nitrogens with zero attached hydrogens (tertiary/aromatic N) is 2. The number of hydrogen-bond acceptors (Lipinski definition) is 5. The highest BCUT2D eigenvalue weighted by Gasteiger charge is 2.25. The summed E-state index contributed by atoms with van der Waals surface area (Å²) in [6, 6.07) is 7.90. The normalized spacial score (nSPS) is 16.2. The number of rotatable bonds is 4. The molecule has 0 aliphatic heterocycles. The molecule has 1 aliphatic rings. The topological polar surface area (TPSA) is 77.3 Å². The highest BCUT2D eigenvalue weighted by atomic mass is 16.6. The van der Waals surface area contributed by atoms with Crippen LogP contribution >= 0.6 is 0 Å². The van der Waals surface area contributed by atoms with E-state index in [-0.39, 0.29) is 11.7 Å². The van der Waals surface area contributed by atoms with Gasteiger partial charge in [0.2, 0.25) is 0 Å². The van der Waals surface area contributed by atoms with Gasteiger partial charge in [-0.3, -0.25) is 10.1 Å². The van der Waals surface area contributed by atoms with E-state index in [0.29, 0.717) is 11.4 Å². The van der Waals surface area contributed by atoms with Gasteiger partial charge in [0.1, 0.15) is 17.8 Å². The lowest BCUT2D eigenvalue weighted by Gasteiger charge is -2.15. The first-order valence-electron chi connectivity index (χ1n) is 7.13. The summed E-state index contributed by atoms with van der Waals surface area (Å²) >= 11 is 0. The van der Waals surface area contributed by atoms with Crippen LogP contribution in [0.2, 0.25) is 0 Å². The monoisotopic (exact) mass is 299 g/mol. The van der Waals surface area contributed by atoms with Gasteiger partial charge in [0.25, 0.3) is 5.69 Å². The van der Waals surface area contributed by atoms with Crippen LogP contribution in [0.3, 0.4) is 0 Å². The molecule has 1 aliphatic carbocycles. The zero-order valence-corrected chi connectivity index (χ0v) is 12.5. The number of anilines is 1. The summed E-state index contributed by atoms with van der Waals surface area (Å²) in [6.07, 6.45) is 3.20. The van der Waals surface area contributed by atoms with Gasteiger partial charge in [0.05, 0.1) is 18.1 Å². The van der Waals surface area contributed by atoms with Crippen molar-refractivity contribution in [3.8, 4) is 5.75 Å². The Bertz CT molecular complexity index is 731. The number of methoxy groups -OCH3 is 1. The fourth-order valence-corrected chi connectivity index (χ4v) is 2.96. The molecule has 3 rings (SSSR count). The van der Waals surface area contributed by atoms with Crippen LogP contribution in [0, 0.1) is 17.0 Å². The number of ether oxygens (including phenoxy) is 1. The van der Waals surface area contributed by atoms with Gasteiger partial charge in [-0.25, -0.2) is 4.98 Å². The zero-order valence-electron chi connectivity index (χ0n) is 12.5. The smallest absolute Gasteiger partial charge is 0.290 e. The van der Waals surface area contributed by atoms with Crippen molar-refractivity contribution in [1.29, 1.82) is 0 Å². The summed E-state index contributed by atoms with van der Waals surface area (Å²) in [5.74, 6) is 1.57. The molecule has 1 aromatic heterocycles. The number of pyridine rings is 1. The SMILES string of the molecule is COc1cccc2c1CCC2Nc1cc(C)c([N+](=O)[O-])cn1. The summed E-state index contributed by atoms with van der Waals surface area (Å²) < 4.78 is 5.40. The highest BCUT2D eigenvalue weighted by Crippen LogP contribution is 2.38. The fourth-order valence-electron chi connectivity index (χ4n) is 2.96. The van der Waals surface area contributed by atoms with E-state index in [1.807, 2.05) is 12.1 Å². The molecule has 1 N–H and O–H groups in total. The van der Waals surface area contributed by atoms with Crippen LogP contribution in [0.5, 0.6) is 5.75 Å². The van der Waals surface area contributed by atoms with E-state index in [1.165, 1.54) is 17.3 Å². The van der Waals surface area contributed by atoms with E-state index in [9.17, 15) is 10.1 Å². The molecule has 6 nitrogen and oxygen atoms in total. The predicted octanol–water partition coefficient (Wildman–Crippen LogP) is 3.41. The average Bonchev–Trinajstić information content (AvgIpc) is 2.90. The lowest BCUT2D eigenvalue weighted by atomic mass is 10.1. The van der Waals surface area contributed by atoms with Crippen LogP contribution in [0.4, 0.5) is 11.5 Å². The van der Waals surface area contributed by atoms with E-state index < -0.39 is 4.92 Å². The van der Waals surface area contributed by atoms with Gasteiger partial charge < -0.3 is 10.1 Å². The highest BCUT2D eigenvalue weighted by molar-refractivity contribution is 5.52. The number of nitrogens with one attached hydrogen (secondary N) is 1. The second-order valence-corrected chi connectivity index (χ2v) is 5.38. The molecule has 1 aromatic carbocycles. The Kier molecular flexibility index (Phi) is 3.66. The van der Waals surface area contributed by atoms with E-state index in [0.717, 1.165) is 18.6 Å². The summed E-state index contributed by atoms with van der Waals surface area (Å²) in [4.78, 5) is 14.6. The van der Waals surface area contributed by atoms with Gasteiger partial charge in [-0.2, -0.15) is 0 Å². The van der Waals surface area contributed by atoms with Gasteiger partial charge >= 0.3 is 0 Å². The van der Waals surface area contributed by atoms with E-state index in [2.05, 4.69) is 16.4 Å². The Hall–Kier alpha value is -2.63. The van der Waals surface area contributed by atoms with Crippen molar-refractivity contribution in [1.82, 2.24) is 4.98 Å². The van der Waals surface area contributed by atoms with E-state index in [1.54, 1.807) is 20.1 Å². The number of hydrogen-bond donors (Lipinski definition) is 1. The lowest BCUT2D eigenvalue weighted by Crippen LogP contribution is -2.09. The van der Waals surface area contributed by atoms with Crippen molar-refractivity contribution in [3.63, 3.8) is 0 Å². The molecular formula is C16H17N3O3. The summed E-state index contributed by atoms with van der Waals surface area (Å²) in [5.41, 5.74) is 3.07. The average molecular weight is 299 g/mol. The van der Waals surface area contributed by atoms with Crippen molar-refractivity contribution in [3.05, 3.63) is 57.3 Å². The van der Waals surface area contributed by atoms with Crippen LogP contribution in [-0.4, -0.2) is 17.0 Å². The van der Waals surface area contributed by atoms with Crippen molar-refractivity contribution >= 4 is 11.5 Å². The zero-order chi connectivity index (χ0) is 15.7. The van der Waals surface area contributed by atoms with Crippen LogP contribution in [-0.2, 0) is 6.42 Å². The van der Waals surface area contributed by atoms with Gasteiger partial charge in [-0.05, 0) is 43.0 Å². The number of benzene rings is 1. The Labute approximate surface area is 128 Å². The van der Waals surface area contributed by atoms with Crippen LogP contribution in [0.15, 0.2) is 30.5 Å². The number of aromatic nitrogens is 1. The summed E-state index contributed by atoms with van der Waals surface area (Å²) in [5, 5.41) is 14.2. The largest absolute Gasteiger partial charge is 0.496 e. The van der Waals surface area contributed by atoms with Crippen LogP contribution in [0.1, 0.15) is 29.2 Å². The molecule has 1 unspecified atom stereocenters. The van der Waals surface area contributed by atoms with Gasteiger partial charge in [0, 0.05) is 5.56 Å². The fraction of sp³-hybridized carbons (Fsp3) is 0.312. The Morgan fingerprint density at radius 2 is 2.27 bits per heavy atom. The minimum Gasteiger partial charge on any atom is -0.496 e. The number of nitro groups is 1. The molecule has 0 saturated carbocycles. The molecule has 0 saturated heterocycles. The molecule has 0 amide bonds. The summed E-state index contributed by atoms with van der Waals surface area (Å²) in [6.45, 7) is 1.72. The third-order valence-corrected chi connectivity index (χ3v) is 4.05. The molecule has 1 heterocycles. The number of fused-ring (bicyclic) bond motifs is 1. The van der Waals surface area contributed by atoms with Crippen molar-refractivity contribution in [2.24, 2.45) is 0 Å². The quantitative estimate of drug-likeness (QED) is 0.691. The molecule has 1 atom stereocenters. The van der Waals surface area contributed by atoms with Crippen molar-refractivity contribution < 1.29 is 9.66 Å². The van der Waals surface area contributed by atoms with Crippen LogP contribution < -0.4 is 10.1 Å².